The van der Waals surface area contributed by atoms with E-state index in [0.29, 0.717) is 11.4 Å². The number of anilines is 2. The minimum absolute atomic E-state index is 0.0293. The van der Waals surface area contributed by atoms with Crippen LogP contribution in [-0.2, 0) is 11.3 Å². The van der Waals surface area contributed by atoms with Crippen LogP contribution in [0.25, 0.3) is 0 Å². The number of pyridine rings is 1. The van der Waals surface area contributed by atoms with Gasteiger partial charge in [0.25, 0.3) is 11.5 Å². The Kier molecular flexibility index (Phi) is 5.16. The number of nitrogens with one attached hydrogen (secondary N) is 2. The highest BCUT2D eigenvalue weighted by molar-refractivity contribution is 6.02. The third-order valence-corrected chi connectivity index (χ3v) is 3.65. The van der Waals surface area contributed by atoms with E-state index in [4.69, 9.17) is 4.42 Å². The van der Waals surface area contributed by atoms with Crippen LogP contribution in [0.1, 0.15) is 23.2 Å². The zero-order chi connectivity index (χ0) is 19.4. The fourth-order valence-electron chi connectivity index (χ4n) is 2.43. The van der Waals surface area contributed by atoms with E-state index in [2.05, 4.69) is 10.6 Å². The number of carbonyl (C=O) groups excluding carboxylic acids is 2. The molecular formula is C19H16FN3O4. The van der Waals surface area contributed by atoms with Gasteiger partial charge < -0.3 is 19.6 Å². The first-order valence-corrected chi connectivity index (χ1v) is 8.05. The van der Waals surface area contributed by atoms with Crippen molar-refractivity contribution >= 4 is 23.2 Å². The molecule has 2 N–H and O–H groups in total. The first kappa shape index (κ1) is 18.1. The zero-order valence-electron chi connectivity index (χ0n) is 14.4. The Morgan fingerprint density at radius 3 is 2.67 bits per heavy atom. The number of halogens is 1. The molecule has 0 atom stereocenters. The standard InChI is InChI=1S/C19H16FN3O4/c1-12(24)21-13-5-7-15(20)16(10-13)22-19(26)17-8-6-14(27-17)11-23-9-3-2-4-18(23)25/h2-10H,11H2,1H3,(H,21,24)(H,22,26). The number of nitrogens with zero attached hydrogens (tertiary/aromatic N) is 1. The summed E-state index contributed by atoms with van der Waals surface area (Å²) in [5, 5.41) is 4.91. The van der Waals surface area contributed by atoms with Crippen LogP contribution in [0.2, 0.25) is 0 Å². The molecule has 8 heteroatoms. The first-order chi connectivity index (χ1) is 12.9. The number of carbonyl (C=O) groups is 2. The molecule has 0 spiro atoms. The minimum Gasteiger partial charge on any atom is -0.454 e. The van der Waals surface area contributed by atoms with Crippen molar-refractivity contribution in [2.45, 2.75) is 13.5 Å². The molecule has 0 radical (unpaired) electrons. The molecule has 0 fully saturated rings. The molecule has 2 amide bonds. The Hall–Kier alpha value is -3.68. The monoisotopic (exact) mass is 369 g/mol. The lowest BCUT2D eigenvalue weighted by Gasteiger charge is -2.08. The van der Waals surface area contributed by atoms with E-state index in [-0.39, 0.29) is 29.5 Å². The molecule has 0 aliphatic heterocycles. The number of hydrogen-bond acceptors (Lipinski definition) is 4. The van der Waals surface area contributed by atoms with Gasteiger partial charge in [0.1, 0.15) is 11.6 Å². The van der Waals surface area contributed by atoms with Crippen molar-refractivity contribution < 1.29 is 18.4 Å². The van der Waals surface area contributed by atoms with E-state index in [9.17, 15) is 18.8 Å². The smallest absolute Gasteiger partial charge is 0.291 e. The van der Waals surface area contributed by atoms with Gasteiger partial charge in [0.05, 0.1) is 12.2 Å². The van der Waals surface area contributed by atoms with Crippen molar-refractivity contribution in [1.82, 2.24) is 4.57 Å². The highest BCUT2D eigenvalue weighted by Gasteiger charge is 2.14. The number of aromatic nitrogens is 1. The number of benzene rings is 1. The van der Waals surface area contributed by atoms with E-state index < -0.39 is 11.7 Å². The number of furan rings is 1. The predicted molar refractivity (Wildman–Crippen MR) is 97.2 cm³/mol. The van der Waals surface area contributed by atoms with Gasteiger partial charge in [0.2, 0.25) is 5.91 Å². The summed E-state index contributed by atoms with van der Waals surface area (Å²) in [5.41, 5.74) is 0.0584. The summed E-state index contributed by atoms with van der Waals surface area (Å²) in [4.78, 5) is 35.1. The summed E-state index contributed by atoms with van der Waals surface area (Å²) in [7, 11) is 0. The first-order valence-electron chi connectivity index (χ1n) is 8.05. The summed E-state index contributed by atoms with van der Waals surface area (Å²) in [5.74, 6) is -1.24. The lowest BCUT2D eigenvalue weighted by molar-refractivity contribution is -0.114. The Balaban J connectivity index is 1.74. The van der Waals surface area contributed by atoms with Crippen LogP contribution in [-0.4, -0.2) is 16.4 Å². The maximum atomic E-state index is 13.9. The van der Waals surface area contributed by atoms with Crippen molar-refractivity contribution in [3.05, 3.63) is 82.4 Å². The lowest BCUT2D eigenvalue weighted by atomic mass is 10.2. The van der Waals surface area contributed by atoms with Gasteiger partial charge in [-0.1, -0.05) is 6.07 Å². The normalized spacial score (nSPS) is 10.4. The van der Waals surface area contributed by atoms with Crippen molar-refractivity contribution in [3.8, 4) is 0 Å². The Morgan fingerprint density at radius 2 is 1.93 bits per heavy atom. The van der Waals surface area contributed by atoms with Crippen LogP contribution < -0.4 is 16.2 Å². The van der Waals surface area contributed by atoms with Gasteiger partial charge >= 0.3 is 0 Å². The summed E-state index contributed by atoms with van der Waals surface area (Å²) in [6.07, 6.45) is 1.60. The number of hydrogen-bond donors (Lipinski definition) is 2. The maximum absolute atomic E-state index is 13.9. The predicted octanol–water partition coefficient (Wildman–Crippen LogP) is 2.84. The van der Waals surface area contributed by atoms with E-state index in [0.717, 1.165) is 6.07 Å². The second kappa shape index (κ2) is 7.69. The highest BCUT2D eigenvalue weighted by atomic mass is 19.1. The third-order valence-electron chi connectivity index (χ3n) is 3.65. The molecule has 0 saturated carbocycles. The van der Waals surface area contributed by atoms with Gasteiger partial charge in [0, 0.05) is 24.9 Å². The minimum atomic E-state index is -0.653. The molecule has 7 nitrogen and oxygen atoms in total. The van der Waals surface area contributed by atoms with Crippen molar-refractivity contribution in [1.29, 1.82) is 0 Å². The van der Waals surface area contributed by atoms with E-state index in [1.54, 1.807) is 24.4 Å². The van der Waals surface area contributed by atoms with Crippen LogP contribution >= 0.6 is 0 Å². The summed E-state index contributed by atoms with van der Waals surface area (Å²) in [6.45, 7) is 1.49. The van der Waals surface area contributed by atoms with Crippen LogP contribution in [0.15, 0.2) is 63.9 Å². The average molecular weight is 369 g/mol. The van der Waals surface area contributed by atoms with Crippen LogP contribution in [0.4, 0.5) is 15.8 Å². The second-order valence-electron chi connectivity index (χ2n) is 5.76. The molecule has 3 rings (SSSR count). The van der Waals surface area contributed by atoms with Crippen LogP contribution in [0.3, 0.4) is 0 Å². The van der Waals surface area contributed by atoms with Gasteiger partial charge in [-0.2, -0.15) is 0 Å². The molecule has 2 heterocycles. The molecular weight excluding hydrogens is 353 g/mol. The fourth-order valence-corrected chi connectivity index (χ4v) is 2.43. The van der Waals surface area contributed by atoms with Gasteiger partial charge in [0.15, 0.2) is 5.76 Å². The Morgan fingerprint density at radius 1 is 1.11 bits per heavy atom. The molecule has 0 unspecified atom stereocenters. The van der Waals surface area contributed by atoms with Crippen molar-refractivity contribution in [3.63, 3.8) is 0 Å². The Bertz CT molecular complexity index is 1050. The molecule has 2 aromatic heterocycles. The largest absolute Gasteiger partial charge is 0.454 e. The van der Waals surface area contributed by atoms with Crippen LogP contribution in [0.5, 0.6) is 0 Å². The summed E-state index contributed by atoms with van der Waals surface area (Å²) in [6, 6.07) is 11.6. The van der Waals surface area contributed by atoms with Crippen molar-refractivity contribution in [2.24, 2.45) is 0 Å². The van der Waals surface area contributed by atoms with Gasteiger partial charge in [-0.25, -0.2) is 4.39 Å². The average Bonchev–Trinajstić information content (AvgIpc) is 3.08. The maximum Gasteiger partial charge on any atom is 0.291 e. The number of amides is 2. The van der Waals surface area contributed by atoms with Gasteiger partial charge in [-0.05, 0) is 36.4 Å². The lowest BCUT2D eigenvalue weighted by Crippen LogP contribution is -2.18. The zero-order valence-corrected chi connectivity index (χ0v) is 14.4. The van der Waals surface area contributed by atoms with Gasteiger partial charge in [-0.15, -0.1) is 0 Å². The van der Waals surface area contributed by atoms with Crippen LogP contribution in [0, 0.1) is 5.82 Å². The molecule has 0 saturated heterocycles. The van der Waals surface area contributed by atoms with E-state index in [1.807, 2.05) is 0 Å². The molecule has 1 aromatic carbocycles. The molecule has 27 heavy (non-hydrogen) atoms. The molecule has 3 aromatic rings. The number of rotatable bonds is 5. The van der Waals surface area contributed by atoms with E-state index >= 15 is 0 Å². The van der Waals surface area contributed by atoms with E-state index in [1.165, 1.54) is 35.8 Å². The topological polar surface area (TPSA) is 93.3 Å². The second-order valence-corrected chi connectivity index (χ2v) is 5.76. The third kappa shape index (κ3) is 4.49. The SMILES string of the molecule is CC(=O)Nc1ccc(F)c(NC(=O)c2ccc(Cn3ccccc3=O)o2)c1. The molecule has 0 aliphatic carbocycles. The summed E-state index contributed by atoms with van der Waals surface area (Å²) >= 11 is 0. The molecule has 138 valence electrons. The summed E-state index contributed by atoms with van der Waals surface area (Å²) < 4.78 is 20.8. The quantitative estimate of drug-likeness (QED) is 0.723. The Labute approximate surface area is 153 Å². The van der Waals surface area contributed by atoms with Crippen molar-refractivity contribution in [2.75, 3.05) is 10.6 Å². The highest BCUT2D eigenvalue weighted by Crippen LogP contribution is 2.21. The van der Waals surface area contributed by atoms with Gasteiger partial charge in [-0.3, -0.25) is 14.4 Å². The molecule has 0 bridgehead atoms. The molecule has 0 aliphatic rings. The fraction of sp³-hybridized carbons (Fsp3) is 0.105.